The number of rotatable bonds is 7. The van der Waals surface area contributed by atoms with Gasteiger partial charge in [-0.05, 0) is 49.7 Å². The van der Waals surface area contributed by atoms with Gasteiger partial charge in [0.1, 0.15) is 0 Å². The maximum absolute atomic E-state index is 12.4. The molecule has 2 N–H and O–H groups in total. The van der Waals surface area contributed by atoms with Crippen molar-refractivity contribution >= 4 is 16.8 Å². The second-order valence-electron chi connectivity index (χ2n) is 7.26. The molecule has 0 unspecified atom stereocenters. The maximum Gasteiger partial charge on any atom is 0.223 e. The minimum atomic E-state index is 0.242. The molecular weight excluding hydrogens is 296 g/mol. The third kappa shape index (κ3) is 4.19. The second-order valence-corrected chi connectivity index (χ2v) is 7.26. The molecular formula is C21H30N2O. The van der Waals surface area contributed by atoms with Gasteiger partial charge in [0.25, 0.3) is 0 Å². The van der Waals surface area contributed by atoms with Crippen LogP contribution in [-0.2, 0) is 11.2 Å². The molecule has 3 heteroatoms. The number of carbonyl (C=O) groups is 1. The first-order valence-corrected chi connectivity index (χ1v) is 9.60. The summed E-state index contributed by atoms with van der Waals surface area (Å²) in [5, 5.41) is 4.43. The molecule has 2 aromatic rings. The monoisotopic (exact) mass is 326 g/mol. The Balaban J connectivity index is 1.42. The van der Waals surface area contributed by atoms with E-state index in [0.29, 0.717) is 0 Å². The molecule has 1 fully saturated rings. The van der Waals surface area contributed by atoms with Crippen LogP contribution in [0, 0.1) is 11.8 Å². The second kappa shape index (κ2) is 8.36. The van der Waals surface area contributed by atoms with Gasteiger partial charge in [-0.15, -0.1) is 0 Å². The Morgan fingerprint density at radius 1 is 1.21 bits per heavy atom. The zero-order valence-electron chi connectivity index (χ0n) is 14.8. The average molecular weight is 326 g/mol. The summed E-state index contributed by atoms with van der Waals surface area (Å²) in [4.78, 5) is 15.7. The van der Waals surface area contributed by atoms with Crippen molar-refractivity contribution in [3.8, 4) is 0 Å². The number of H-pyrrole nitrogens is 1. The summed E-state index contributed by atoms with van der Waals surface area (Å²) in [7, 11) is 0. The fraction of sp³-hybridized carbons (Fsp3) is 0.571. The van der Waals surface area contributed by atoms with Crippen LogP contribution in [0.3, 0.4) is 0 Å². The van der Waals surface area contributed by atoms with Gasteiger partial charge >= 0.3 is 0 Å². The van der Waals surface area contributed by atoms with E-state index in [4.69, 9.17) is 0 Å². The highest BCUT2D eigenvalue weighted by Crippen LogP contribution is 2.32. The highest BCUT2D eigenvalue weighted by molar-refractivity contribution is 5.83. The van der Waals surface area contributed by atoms with Gasteiger partial charge in [-0.2, -0.15) is 0 Å². The molecule has 24 heavy (non-hydrogen) atoms. The van der Waals surface area contributed by atoms with Crippen LogP contribution < -0.4 is 5.32 Å². The zero-order chi connectivity index (χ0) is 16.8. The van der Waals surface area contributed by atoms with E-state index in [9.17, 15) is 4.79 Å². The van der Waals surface area contributed by atoms with Gasteiger partial charge < -0.3 is 10.3 Å². The Labute approximate surface area is 145 Å². The predicted molar refractivity (Wildman–Crippen MR) is 100.0 cm³/mol. The van der Waals surface area contributed by atoms with Gasteiger partial charge in [0.15, 0.2) is 0 Å². The van der Waals surface area contributed by atoms with Crippen molar-refractivity contribution in [2.75, 3.05) is 6.54 Å². The SMILES string of the molecule is CCCCC1CCC(C(=O)NCCc2c[nH]c3ccccc23)CC1. The molecule has 0 aliphatic heterocycles. The first-order chi connectivity index (χ1) is 11.8. The van der Waals surface area contributed by atoms with Crippen LogP contribution in [-0.4, -0.2) is 17.4 Å². The van der Waals surface area contributed by atoms with Gasteiger partial charge in [-0.3, -0.25) is 4.79 Å². The molecule has 0 saturated heterocycles. The van der Waals surface area contributed by atoms with Crippen molar-refractivity contribution in [3.63, 3.8) is 0 Å². The highest BCUT2D eigenvalue weighted by Gasteiger charge is 2.25. The fourth-order valence-electron chi connectivity index (χ4n) is 4.01. The van der Waals surface area contributed by atoms with Crippen LogP contribution in [0.1, 0.15) is 57.4 Å². The quantitative estimate of drug-likeness (QED) is 0.752. The zero-order valence-corrected chi connectivity index (χ0v) is 14.8. The normalized spacial score (nSPS) is 21.0. The number of amides is 1. The van der Waals surface area contributed by atoms with Crippen LogP contribution in [0.4, 0.5) is 0 Å². The Morgan fingerprint density at radius 3 is 2.79 bits per heavy atom. The summed E-state index contributed by atoms with van der Waals surface area (Å²) in [6.07, 6.45) is 11.6. The van der Waals surface area contributed by atoms with Crippen molar-refractivity contribution in [1.82, 2.24) is 10.3 Å². The maximum atomic E-state index is 12.4. The van der Waals surface area contributed by atoms with E-state index in [1.165, 1.54) is 48.6 Å². The van der Waals surface area contributed by atoms with Gasteiger partial charge in [0.2, 0.25) is 5.91 Å². The van der Waals surface area contributed by atoms with E-state index in [1.54, 1.807) is 0 Å². The van der Waals surface area contributed by atoms with Gasteiger partial charge in [-0.1, -0.05) is 44.4 Å². The Hall–Kier alpha value is -1.77. The molecule has 0 atom stereocenters. The Kier molecular flexibility index (Phi) is 5.95. The van der Waals surface area contributed by atoms with E-state index in [1.807, 2.05) is 6.07 Å². The van der Waals surface area contributed by atoms with Crippen molar-refractivity contribution < 1.29 is 4.79 Å². The standard InChI is InChI=1S/C21H30N2O/c1-2-3-6-16-9-11-17(12-10-16)21(24)22-14-13-18-15-23-20-8-5-4-7-19(18)20/h4-5,7-8,15-17,23H,2-3,6,9-14H2,1H3,(H,22,24). The van der Waals surface area contributed by atoms with Crippen LogP contribution in [0.5, 0.6) is 0 Å². The number of para-hydroxylation sites is 1. The molecule has 130 valence electrons. The molecule has 1 aromatic carbocycles. The molecule has 3 rings (SSSR count). The lowest BCUT2D eigenvalue weighted by Crippen LogP contribution is -2.34. The van der Waals surface area contributed by atoms with Crippen LogP contribution >= 0.6 is 0 Å². The number of nitrogens with one attached hydrogen (secondary N) is 2. The predicted octanol–water partition coefficient (Wildman–Crippen LogP) is 4.82. The highest BCUT2D eigenvalue weighted by atomic mass is 16.1. The van der Waals surface area contributed by atoms with E-state index in [0.717, 1.165) is 31.7 Å². The van der Waals surface area contributed by atoms with Crippen LogP contribution in [0.15, 0.2) is 30.5 Å². The molecule has 1 aliphatic carbocycles. The Morgan fingerprint density at radius 2 is 2.00 bits per heavy atom. The minimum Gasteiger partial charge on any atom is -0.361 e. The number of benzene rings is 1. The lowest BCUT2D eigenvalue weighted by molar-refractivity contribution is -0.126. The number of hydrogen-bond donors (Lipinski definition) is 2. The lowest BCUT2D eigenvalue weighted by Gasteiger charge is -2.27. The minimum absolute atomic E-state index is 0.242. The molecule has 1 aromatic heterocycles. The Bertz CT molecular complexity index is 653. The number of carbonyl (C=O) groups excluding carboxylic acids is 1. The van der Waals surface area contributed by atoms with Crippen molar-refractivity contribution in [2.45, 2.75) is 58.3 Å². The van der Waals surface area contributed by atoms with Crippen molar-refractivity contribution in [1.29, 1.82) is 0 Å². The van der Waals surface area contributed by atoms with Crippen LogP contribution in [0.25, 0.3) is 10.9 Å². The lowest BCUT2D eigenvalue weighted by atomic mass is 9.79. The molecule has 1 saturated carbocycles. The molecule has 1 amide bonds. The topological polar surface area (TPSA) is 44.9 Å². The van der Waals surface area contributed by atoms with Crippen LogP contribution in [0.2, 0.25) is 0 Å². The third-order valence-corrected chi connectivity index (χ3v) is 5.55. The van der Waals surface area contributed by atoms with E-state index >= 15 is 0 Å². The summed E-state index contributed by atoms with van der Waals surface area (Å²) < 4.78 is 0. The first kappa shape index (κ1) is 17.1. The summed E-state index contributed by atoms with van der Waals surface area (Å²) in [5.41, 5.74) is 2.46. The summed E-state index contributed by atoms with van der Waals surface area (Å²) in [6.45, 7) is 2.99. The van der Waals surface area contributed by atoms with Crippen molar-refractivity contribution in [3.05, 3.63) is 36.0 Å². The number of hydrogen-bond acceptors (Lipinski definition) is 1. The fourth-order valence-corrected chi connectivity index (χ4v) is 4.01. The number of fused-ring (bicyclic) bond motifs is 1. The van der Waals surface area contributed by atoms with E-state index in [-0.39, 0.29) is 11.8 Å². The van der Waals surface area contributed by atoms with E-state index < -0.39 is 0 Å². The average Bonchev–Trinajstić information content (AvgIpc) is 3.03. The van der Waals surface area contributed by atoms with E-state index in [2.05, 4.69) is 41.6 Å². The molecule has 0 radical (unpaired) electrons. The first-order valence-electron chi connectivity index (χ1n) is 9.60. The van der Waals surface area contributed by atoms with Gasteiger partial charge in [-0.25, -0.2) is 0 Å². The summed E-state index contributed by atoms with van der Waals surface area (Å²) in [5.74, 6) is 1.37. The third-order valence-electron chi connectivity index (χ3n) is 5.55. The van der Waals surface area contributed by atoms with Gasteiger partial charge in [0.05, 0.1) is 0 Å². The summed E-state index contributed by atoms with van der Waals surface area (Å²) in [6, 6.07) is 8.34. The molecule has 1 aliphatic rings. The largest absolute Gasteiger partial charge is 0.361 e. The summed E-state index contributed by atoms with van der Waals surface area (Å²) >= 11 is 0. The number of unbranched alkanes of at least 4 members (excludes halogenated alkanes) is 1. The molecule has 3 nitrogen and oxygen atoms in total. The van der Waals surface area contributed by atoms with Crippen molar-refractivity contribution in [2.24, 2.45) is 11.8 Å². The number of aromatic amines is 1. The molecule has 1 heterocycles. The van der Waals surface area contributed by atoms with Gasteiger partial charge in [0, 0.05) is 29.6 Å². The molecule has 0 spiro atoms. The molecule has 0 bridgehead atoms. The smallest absolute Gasteiger partial charge is 0.223 e. The number of aromatic nitrogens is 1.